The molecule has 0 spiro atoms. The van der Waals surface area contributed by atoms with Crippen LogP contribution in [0.5, 0.6) is 0 Å². The van der Waals surface area contributed by atoms with Crippen LogP contribution in [0.1, 0.15) is 6.42 Å². The van der Waals surface area contributed by atoms with E-state index >= 15 is 0 Å². The van der Waals surface area contributed by atoms with E-state index < -0.39 is 5.37 Å². The van der Waals surface area contributed by atoms with Crippen LogP contribution in [0.2, 0.25) is 0 Å². The summed E-state index contributed by atoms with van der Waals surface area (Å²) in [4.78, 5) is 9.93. The molecule has 0 aliphatic carbocycles. The van der Waals surface area contributed by atoms with Crippen LogP contribution in [0.25, 0.3) is 0 Å². The number of rotatable bonds is 3. The van der Waals surface area contributed by atoms with Crippen LogP contribution in [0.4, 0.5) is 4.79 Å². The fraction of sp³-hybridized carbons (Fsp3) is 0.750. The van der Waals surface area contributed by atoms with E-state index in [2.05, 4.69) is 5.32 Å². The first-order chi connectivity index (χ1) is 3.77. The molecule has 48 valence electrons. The molecule has 0 bridgehead atoms. The molecule has 0 aliphatic heterocycles. The molecule has 0 aromatic carbocycles. The lowest BCUT2D eigenvalue weighted by Gasteiger charge is -1.93. The van der Waals surface area contributed by atoms with Gasteiger partial charge in [-0.1, -0.05) is 0 Å². The maximum Gasteiger partial charge on any atom is 0.313 e. The Hall–Kier alpha value is 0.0500. The van der Waals surface area contributed by atoms with Crippen LogP contribution in [0.3, 0.4) is 0 Å². The van der Waals surface area contributed by atoms with Gasteiger partial charge in [-0.05, 0) is 18.0 Å². The average molecular weight is 156 g/mol. The van der Waals surface area contributed by atoms with E-state index in [1.165, 1.54) is 0 Å². The normalized spacial score (nSPS) is 8.75. The lowest BCUT2D eigenvalue weighted by molar-refractivity contribution is 0.260. The molecule has 0 unspecified atom stereocenters. The van der Waals surface area contributed by atoms with Gasteiger partial charge in [0.05, 0.1) is 0 Å². The largest absolute Gasteiger partial charge is 0.343 e. The molecule has 0 radical (unpaired) electrons. The SMILES string of the molecule is O=C(Cl)NCCCCl. The monoisotopic (exact) mass is 155 g/mol. The fourth-order valence-electron chi connectivity index (χ4n) is 0.253. The van der Waals surface area contributed by atoms with Crippen LogP contribution in [0.15, 0.2) is 0 Å². The molecule has 0 saturated carbocycles. The number of alkyl halides is 1. The van der Waals surface area contributed by atoms with Crippen molar-refractivity contribution in [3.8, 4) is 0 Å². The highest BCUT2D eigenvalue weighted by molar-refractivity contribution is 6.62. The van der Waals surface area contributed by atoms with Gasteiger partial charge in [-0.25, -0.2) is 0 Å². The van der Waals surface area contributed by atoms with Crippen molar-refractivity contribution in [3.05, 3.63) is 0 Å². The fourth-order valence-corrected chi connectivity index (χ4v) is 0.482. The van der Waals surface area contributed by atoms with Crippen molar-refractivity contribution in [2.24, 2.45) is 0 Å². The van der Waals surface area contributed by atoms with Crippen molar-refractivity contribution < 1.29 is 4.79 Å². The van der Waals surface area contributed by atoms with E-state index in [4.69, 9.17) is 23.2 Å². The number of hydrogen-bond acceptors (Lipinski definition) is 1. The van der Waals surface area contributed by atoms with Gasteiger partial charge in [0.1, 0.15) is 0 Å². The summed E-state index contributed by atoms with van der Waals surface area (Å²) in [6.07, 6.45) is 0.764. The Morgan fingerprint density at radius 2 is 2.25 bits per heavy atom. The summed E-state index contributed by atoms with van der Waals surface area (Å²) < 4.78 is 0. The number of carbonyl (C=O) groups is 1. The zero-order valence-electron chi connectivity index (χ0n) is 4.29. The van der Waals surface area contributed by atoms with Gasteiger partial charge in [-0.2, -0.15) is 0 Å². The minimum atomic E-state index is -0.518. The zero-order chi connectivity index (χ0) is 6.41. The third-order valence-corrected chi connectivity index (χ3v) is 0.975. The Labute approximate surface area is 58.2 Å². The molecule has 0 atom stereocenters. The Morgan fingerprint density at radius 1 is 1.62 bits per heavy atom. The van der Waals surface area contributed by atoms with E-state index in [0.29, 0.717) is 12.4 Å². The van der Waals surface area contributed by atoms with E-state index in [1.54, 1.807) is 0 Å². The van der Waals surface area contributed by atoms with Crippen molar-refractivity contribution in [2.45, 2.75) is 6.42 Å². The molecule has 1 N–H and O–H groups in total. The Morgan fingerprint density at radius 3 is 2.62 bits per heavy atom. The lowest BCUT2D eigenvalue weighted by atomic mass is 10.5. The van der Waals surface area contributed by atoms with Crippen LogP contribution < -0.4 is 5.32 Å². The van der Waals surface area contributed by atoms with Crippen molar-refractivity contribution in [1.82, 2.24) is 5.32 Å². The summed E-state index contributed by atoms with van der Waals surface area (Å²) in [5.74, 6) is 0.553. The predicted molar refractivity (Wildman–Crippen MR) is 34.6 cm³/mol. The number of nitrogens with one attached hydrogen (secondary N) is 1. The summed E-state index contributed by atoms with van der Waals surface area (Å²) in [7, 11) is 0. The third kappa shape index (κ3) is 6.05. The molecular weight excluding hydrogens is 149 g/mol. The van der Waals surface area contributed by atoms with Crippen LogP contribution >= 0.6 is 23.2 Å². The molecule has 0 aromatic heterocycles. The van der Waals surface area contributed by atoms with Gasteiger partial charge in [-0.3, -0.25) is 4.79 Å². The molecule has 0 fully saturated rings. The summed E-state index contributed by atoms with van der Waals surface area (Å²) in [5, 5.41) is 1.87. The van der Waals surface area contributed by atoms with Gasteiger partial charge in [0, 0.05) is 12.4 Å². The molecule has 0 aromatic rings. The first-order valence-corrected chi connectivity index (χ1v) is 3.18. The van der Waals surface area contributed by atoms with Gasteiger partial charge in [0.15, 0.2) is 0 Å². The van der Waals surface area contributed by atoms with Crippen molar-refractivity contribution in [3.63, 3.8) is 0 Å². The highest BCUT2D eigenvalue weighted by Crippen LogP contribution is 1.82. The van der Waals surface area contributed by atoms with Crippen molar-refractivity contribution in [1.29, 1.82) is 0 Å². The van der Waals surface area contributed by atoms with Gasteiger partial charge >= 0.3 is 5.37 Å². The molecule has 8 heavy (non-hydrogen) atoms. The molecule has 0 aliphatic rings. The minimum Gasteiger partial charge on any atom is -0.343 e. The molecular formula is C4H7Cl2NO. The van der Waals surface area contributed by atoms with Gasteiger partial charge in [-0.15, -0.1) is 11.6 Å². The highest BCUT2D eigenvalue weighted by atomic mass is 35.5. The quantitative estimate of drug-likeness (QED) is 0.285. The summed E-state index contributed by atoms with van der Waals surface area (Å²) >= 11 is 10.2. The van der Waals surface area contributed by atoms with Crippen LogP contribution in [-0.4, -0.2) is 17.8 Å². The maximum absolute atomic E-state index is 9.93. The van der Waals surface area contributed by atoms with E-state index in [0.717, 1.165) is 6.42 Å². The average Bonchev–Trinajstić information content (AvgIpc) is 1.66. The first kappa shape index (κ1) is 8.05. The predicted octanol–water partition coefficient (Wildman–Crippen LogP) is 1.56. The standard InChI is InChI=1S/C4H7Cl2NO/c5-2-1-3-7-4(6)8/h1-3H2,(H,7,8). The number of amides is 1. The van der Waals surface area contributed by atoms with Crippen LogP contribution in [-0.2, 0) is 0 Å². The second-order valence-electron chi connectivity index (χ2n) is 1.24. The molecule has 4 heteroatoms. The molecule has 1 amide bonds. The number of halogens is 2. The summed E-state index contributed by atoms with van der Waals surface area (Å²) in [6, 6.07) is 0. The van der Waals surface area contributed by atoms with E-state index in [1.807, 2.05) is 0 Å². The van der Waals surface area contributed by atoms with Crippen molar-refractivity contribution in [2.75, 3.05) is 12.4 Å². The number of carbonyl (C=O) groups excluding carboxylic acids is 1. The summed E-state index contributed by atoms with van der Waals surface area (Å²) in [6.45, 7) is 0.561. The molecule has 0 saturated heterocycles. The molecule has 0 heterocycles. The Kier molecular flexibility index (Phi) is 5.22. The van der Waals surface area contributed by atoms with Gasteiger partial charge in [0.25, 0.3) is 0 Å². The van der Waals surface area contributed by atoms with Gasteiger partial charge in [0.2, 0.25) is 0 Å². The lowest BCUT2D eigenvalue weighted by Crippen LogP contribution is -2.17. The second kappa shape index (κ2) is 5.19. The smallest absolute Gasteiger partial charge is 0.313 e. The maximum atomic E-state index is 9.93. The van der Waals surface area contributed by atoms with E-state index in [9.17, 15) is 4.79 Å². The third-order valence-electron chi connectivity index (χ3n) is 0.574. The molecule has 2 nitrogen and oxygen atoms in total. The Balaban J connectivity index is 2.82. The van der Waals surface area contributed by atoms with Crippen LogP contribution in [0, 0.1) is 0 Å². The molecule has 0 rings (SSSR count). The second-order valence-corrected chi connectivity index (χ2v) is 1.96. The van der Waals surface area contributed by atoms with Crippen molar-refractivity contribution >= 4 is 28.6 Å². The minimum absolute atomic E-state index is 0.518. The van der Waals surface area contributed by atoms with Gasteiger partial charge < -0.3 is 5.32 Å². The topological polar surface area (TPSA) is 29.1 Å². The summed E-state index contributed by atoms with van der Waals surface area (Å²) in [5.41, 5.74) is 0. The highest BCUT2D eigenvalue weighted by Gasteiger charge is 1.89. The van der Waals surface area contributed by atoms with E-state index in [-0.39, 0.29) is 0 Å². The zero-order valence-corrected chi connectivity index (χ0v) is 5.80. The number of hydrogen-bond donors (Lipinski definition) is 1. The first-order valence-electron chi connectivity index (χ1n) is 2.26. The Bertz CT molecular complexity index is 76.4.